The Morgan fingerprint density at radius 3 is 2.00 bits per heavy atom. The number of carbonyl (C=O) groups is 1. The molecule has 2 nitrogen and oxygen atoms in total. The number of hydrogen-bond acceptors (Lipinski definition) is 2. The fourth-order valence-corrected chi connectivity index (χ4v) is 0.585. The summed E-state index contributed by atoms with van der Waals surface area (Å²) >= 11 is 0. The molecule has 60 valence electrons. The highest BCUT2D eigenvalue weighted by Gasteiger charge is 2.29. The van der Waals surface area contributed by atoms with E-state index in [-0.39, 0.29) is 17.7 Å². The number of rotatable bonds is 3. The van der Waals surface area contributed by atoms with Crippen LogP contribution in [0.25, 0.3) is 0 Å². The Morgan fingerprint density at radius 1 is 1.50 bits per heavy atom. The molecule has 0 amide bonds. The SMILES string of the molecule is CC(C)C(C)(C)C(=O)CN. The summed E-state index contributed by atoms with van der Waals surface area (Å²) in [5, 5.41) is 0. The molecular formula is C8H17NO. The molecule has 2 N–H and O–H groups in total. The van der Waals surface area contributed by atoms with Crippen molar-refractivity contribution in [1.82, 2.24) is 0 Å². The van der Waals surface area contributed by atoms with E-state index in [9.17, 15) is 4.79 Å². The molecule has 0 spiro atoms. The van der Waals surface area contributed by atoms with E-state index >= 15 is 0 Å². The van der Waals surface area contributed by atoms with Crippen molar-refractivity contribution in [3.63, 3.8) is 0 Å². The van der Waals surface area contributed by atoms with Crippen molar-refractivity contribution in [1.29, 1.82) is 0 Å². The molecule has 0 atom stereocenters. The summed E-state index contributed by atoms with van der Waals surface area (Å²) in [6.45, 7) is 8.10. The molecule has 0 radical (unpaired) electrons. The lowest BCUT2D eigenvalue weighted by molar-refractivity contribution is -0.127. The van der Waals surface area contributed by atoms with Crippen LogP contribution in [0.3, 0.4) is 0 Å². The Balaban J connectivity index is 4.24. The Hall–Kier alpha value is -0.370. The van der Waals surface area contributed by atoms with E-state index < -0.39 is 0 Å². The molecule has 0 aliphatic rings. The second-order valence-corrected chi connectivity index (χ2v) is 3.50. The van der Waals surface area contributed by atoms with Crippen LogP contribution in [0.4, 0.5) is 0 Å². The molecule has 0 rings (SSSR count). The van der Waals surface area contributed by atoms with Crippen LogP contribution in [-0.2, 0) is 4.79 Å². The number of ketones is 1. The van der Waals surface area contributed by atoms with Gasteiger partial charge in [-0.1, -0.05) is 27.7 Å². The van der Waals surface area contributed by atoms with E-state index in [1.165, 1.54) is 0 Å². The number of nitrogens with two attached hydrogens (primary N) is 1. The maximum Gasteiger partial charge on any atom is 0.152 e. The average molecular weight is 143 g/mol. The first-order valence-electron chi connectivity index (χ1n) is 3.66. The first kappa shape index (κ1) is 9.63. The summed E-state index contributed by atoms with van der Waals surface area (Å²) in [6.07, 6.45) is 0. The quantitative estimate of drug-likeness (QED) is 0.645. The minimum Gasteiger partial charge on any atom is -0.324 e. The van der Waals surface area contributed by atoms with Gasteiger partial charge in [-0.15, -0.1) is 0 Å². The predicted octanol–water partition coefficient (Wildman–Crippen LogP) is 1.20. The zero-order valence-electron chi connectivity index (χ0n) is 7.27. The van der Waals surface area contributed by atoms with Crippen molar-refractivity contribution in [3.05, 3.63) is 0 Å². The van der Waals surface area contributed by atoms with Gasteiger partial charge in [-0.2, -0.15) is 0 Å². The van der Waals surface area contributed by atoms with Gasteiger partial charge in [0.25, 0.3) is 0 Å². The van der Waals surface area contributed by atoms with E-state index in [2.05, 4.69) is 0 Å². The topological polar surface area (TPSA) is 43.1 Å². The van der Waals surface area contributed by atoms with E-state index in [4.69, 9.17) is 5.73 Å². The fraction of sp³-hybridized carbons (Fsp3) is 0.875. The van der Waals surface area contributed by atoms with Crippen LogP contribution in [0, 0.1) is 11.3 Å². The molecule has 0 aromatic carbocycles. The number of hydrogen-bond donors (Lipinski definition) is 1. The lowest BCUT2D eigenvalue weighted by Crippen LogP contribution is -2.34. The van der Waals surface area contributed by atoms with Crippen LogP contribution in [0.5, 0.6) is 0 Å². The summed E-state index contributed by atoms with van der Waals surface area (Å²) in [5.74, 6) is 0.506. The lowest BCUT2D eigenvalue weighted by Gasteiger charge is -2.26. The van der Waals surface area contributed by atoms with Crippen molar-refractivity contribution in [2.45, 2.75) is 27.7 Å². The average Bonchev–Trinajstić information content (AvgIpc) is 1.86. The summed E-state index contributed by atoms with van der Waals surface area (Å²) in [7, 11) is 0. The van der Waals surface area contributed by atoms with Crippen LogP contribution in [-0.4, -0.2) is 12.3 Å². The number of carbonyl (C=O) groups excluding carboxylic acids is 1. The Bertz CT molecular complexity index is 127. The molecule has 0 fully saturated rings. The molecule has 2 heteroatoms. The van der Waals surface area contributed by atoms with Gasteiger partial charge < -0.3 is 5.73 Å². The third-order valence-electron chi connectivity index (χ3n) is 2.35. The maximum absolute atomic E-state index is 11.2. The van der Waals surface area contributed by atoms with Gasteiger partial charge in [-0.05, 0) is 5.92 Å². The zero-order valence-corrected chi connectivity index (χ0v) is 7.27. The van der Waals surface area contributed by atoms with Gasteiger partial charge >= 0.3 is 0 Å². The standard InChI is InChI=1S/C8H17NO/c1-6(2)8(3,4)7(10)5-9/h6H,5,9H2,1-4H3. The second kappa shape index (κ2) is 3.15. The third-order valence-corrected chi connectivity index (χ3v) is 2.35. The summed E-state index contributed by atoms with van der Waals surface area (Å²) in [6, 6.07) is 0. The molecule has 0 saturated carbocycles. The normalized spacial score (nSPS) is 12.2. The van der Waals surface area contributed by atoms with Crippen molar-refractivity contribution < 1.29 is 4.79 Å². The highest BCUT2D eigenvalue weighted by molar-refractivity contribution is 5.85. The molecular weight excluding hydrogens is 126 g/mol. The second-order valence-electron chi connectivity index (χ2n) is 3.50. The van der Waals surface area contributed by atoms with Crippen molar-refractivity contribution in [2.75, 3.05) is 6.54 Å². The zero-order chi connectivity index (χ0) is 8.36. The van der Waals surface area contributed by atoms with Crippen LogP contribution in [0.2, 0.25) is 0 Å². The highest BCUT2D eigenvalue weighted by Crippen LogP contribution is 2.26. The number of Topliss-reactive ketones (excluding diaryl/α,β-unsaturated/α-hetero) is 1. The van der Waals surface area contributed by atoms with E-state index in [0.29, 0.717) is 5.92 Å². The van der Waals surface area contributed by atoms with E-state index in [0.717, 1.165) is 0 Å². The van der Waals surface area contributed by atoms with E-state index in [1.807, 2.05) is 27.7 Å². The summed E-state index contributed by atoms with van der Waals surface area (Å²) < 4.78 is 0. The van der Waals surface area contributed by atoms with Gasteiger partial charge in [0.1, 0.15) is 0 Å². The Morgan fingerprint density at radius 2 is 1.90 bits per heavy atom. The monoisotopic (exact) mass is 143 g/mol. The molecule has 0 unspecified atom stereocenters. The van der Waals surface area contributed by atoms with Crippen LogP contribution < -0.4 is 5.73 Å². The van der Waals surface area contributed by atoms with Crippen LogP contribution in [0.1, 0.15) is 27.7 Å². The van der Waals surface area contributed by atoms with Gasteiger partial charge in [0.15, 0.2) is 5.78 Å². The first-order chi connectivity index (χ1) is 4.42. The van der Waals surface area contributed by atoms with Gasteiger partial charge in [-0.3, -0.25) is 4.79 Å². The predicted molar refractivity (Wildman–Crippen MR) is 42.7 cm³/mol. The maximum atomic E-state index is 11.2. The molecule has 0 heterocycles. The minimum absolute atomic E-state index is 0.141. The molecule has 0 aromatic heterocycles. The van der Waals surface area contributed by atoms with Gasteiger partial charge in [0.05, 0.1) is 6.54 Å². The molecule has 0 saturated heterocycles. The molecule has 0 aliphatic carbocycles. The third kappa shape index (κ3) is 1.81. The molecule has 0 bridgehead atoms. The first-order valence-corrected chi connectivity index (χ1v) is 3.66. The van der Waals surface area contributed by atoms with Gasteiger partial charge in [0, 0.05) is 5.41 Å². The highest BCUT2D eigenvalue weighted by atomic mass is 16.1. The minimum atomic E-state index is -0.255. The Labute approximate surface area is 62.8 Å². The lowest BCUT2D eigenvalue weighted by atomic mass is 9.77. The molecule has 0 aromatic rings. The largest absolute Gasteiger partial charge is 0.324 e. The van der Waals surface area contributed by atoms with Gasteiger partial charge in [-0.25, -0.2) is 0 Å². The van der Waals surface area contributed by atoms with Crippen LogP contribution >= 0.6 is 0 Å². The van der Waals surface area contributed by atoms with Crippen molar-refractivity contribution in [2.24, 2.45) is 17.1 Å². The van der Waals surface area contributed by atoms with Crippen molar-refractivity contribution >= 4 is 5.78 Å². The van der Waals surface area contributed by atoms with E-state index in [1.54, 1.807) is 0 Å². The van der Waals surface area contributed by atoms with Gasteiger partial charge in [0.2, 0.25) is 0 Å². The fourth-order valence-electron chi connectivity index (χ4n) is 0.585. The van der Waals surface area contributed by atoms with Crippen molar-refractivity contribution in [3.8, 4) is 0 Å². The smallest absolute Gasteiger partial charge is 0.152 e. The molecule has 0 aliphatic heterocycles. The molecule has 10 heavy (non-hydrogen) atoms. The summed E-state index contributed by atoms with van der Waals surface area (Å²) in [5.41, 5.74) is 4.99. The summed E-state index contributed by atoms with van der Waals surface area (Å²) in [4.78, 5) is 11.2. The Kier molecular flexibility index (Phi) is 3.03. The van der Waals surface area contributed by atoms with Crippen LogP contribution in [0.15, 0.2) is 0 Å².